The highest BCUT2D eigenvalue weighted by atomic mass is 127. The highest BCUT2D eigenvalue weighted by molar-refractivity contribution is 14.0. The van der Waals surface area contributed by atoms with Crippen LogP contribution in [0.4, 0.5) is 8.78 Å². The molecule has 1 aromatic heterocycles. The Morgan fingerprint density at radius 2 is 2.04 bits per heavy atom. The number of aromatic nitrogens is 2. The van der Waals surface area contributed by atoms with Crippen LogP contribution in [0, 0.1) is 5.41 Å². The van der Waals surface area contributed by atoms with Crippen molar-refractivity contribution < 1.29 is 8.78 Å². The van der Waals surface area contributed by atoms with Crippen molar-refractivity contribution in [2.24, 2.45) is 10.4 Å². The molecular formula is C16H30F2IN5. The van der Waals surface area contributed by atoms with Gasteiger partial charge in [-0.3, -0.25) is 4.57 Å². The van der Waals surface area contributed by atoms with Gasteiger partial charge in [0.1, 0.15) is 12.4 Å². The highest BCUT2D eigenvalue weighted by Gasteiger charge is 2.14. The summed E-state index contributed by atoms with van der Waals surface area (Å²) >= 11 is 0. The fraction of sp³-hybridized carbons (Fsp3) is 0.750. The van der Waals surface area contributed by atoms with Crippen LogP contribution < -0.4 is 10.6 Å². The molecule has 1 aromatic rings. The van der Waals surface area contributed by atoms with Crippen LogP contribution in [0.2, 0.25) is 0 Å². The molecule has 140 valence electrons. The Morgan fingerprint density at radius 3 is 2.58 bits per heavy atom. The average Bonchev–Trinajstić information content (AvgIpc) is 2.90. The van der Waals surface area contributed by atoms with Crippen molar-refractivity contribution in [1.82, 2.24) is 20.2 Å². The topological polar surface area (TPSA) is 54.2 Å². The third-order valence-electron chi connectivity index (χ3n) is 3.39. The predicted molar refractivity (Wildman–Crippen MR) is 105 cm³/mol. The molecule has 0 amide bonds. The molecule has 0 bridgehead atoms. The summed E-state index contributed by atoms with van der Waals surface area (Å²) in [5.41, 5.74) is 0.285. The minimum atomic E-state index is -2.59. The second-order valence-electron chi connectivity index (χ2n) is 6.87. The summed E-state index contributed by atoms with van der Waals surface area (Å²) in [6.45, 7) is 8.93. The molecule has 0 aliphatic heterocycles. The molecule has 0 aliphatic rings. The number of hydrogen-bond donors (Lipinski definition) is 2. The number of guanidine groups is 1. The maximum atomic E-state index is 12.8. The second-order valence-corrected chi connectivity index (χ2v) is 6.87. The molecule has 0 saturated carbocycles. The minimum Gasteiger partial charge on any atom is -0.357 e. The van der Waals surface area contributed by atoms with Gasteiger partial charge in [0.2, 0.25) is 0 Å². The van der Waals surface area contributed by atoms with Crippen LogP contribution >= 0.6 is 24.0 Å². The predicted octanol–water partition coefficient (Wildman–Crippen LogP) is 4.17. The average molecular weight is 457 g/mol. The van der Waals surface area contributed by atoms with Gasteiger partial charge in [0.05, 0.1) is 0 Å². The number of nitrogens with zero attached hydrogens (tertiary/aromatic N) is 3. The Hall–Kier alpha value is -0.930. The summed E-state index contributed by atoms with van der Waals surface area (Å²) in [4.78, 5) is 8.30. The summed E-state index contributed by atoms with van der Waals surface area (Å²) in [6, 6.07) is 0.252. The zero-order valence-electron chi connectivity index (χ0n) is 15.1. The van der Waals surface area contributed by atoms with Crippen molar-refractivity contribution >= 4 is 29.9 Å². The van der Waals surface area contributed by atoms with E-state index < -0.39 is 6.55 Å². The van der Waals surface area contributed by atoms with Gasteiger partial charge in [0.25, 0.3) is 0 Å². The lowest BCUT2D eigenvalue weighted by Crippen LogP contribution is -2.42. The van der Waals surface area contributed by atoms with E-state index in [-0.39, 0.29) is 47.8 Å². The lowest BCUT2D eigenvalue weighted by molar-refractivity contribution is 0.0671. The number of nitrogens with one attached hydrogen (secondary N) is 2. The Morgan fingerprint density at radius 1 is 1.38 bits per heavy atom. The van der Waals surface area contributed by atoms with Gasteiger partial charge >= 0.3 is 6.55 Å². The molecule has 0 aromatic carbocycles. The third kappa shape index (κ3) is 8.79. The second kappa shape index (κ2) is 10.8. The highest BCUT2D eigenvalue weighted by Crippen LogP contribution is 2.21. The molecule has 1 atom stereocenters. The van der Waals surface area contributed by atoms with Crippen LogP contribution in [-0.4, -0.2) is 28.1 Å². The van der Waals surface area contributed by atoms with Crippen molar-refractivity contribution in [2.75, 3.05) is 6.54 Å². The van der Waals surface area contributed by atoms with Crippen molar-refractivity contribution in [2.45, 2.75) is 66.6 Å². The Bertz CT molecular complexity index is 497. The molecule has 5 nitrogen and oxygen atoms in total. The molecule has 1 rings (SSSR count). The number of imidazole rings is 1. The van der Waals surface area contributed by atoms with E-state index in [9.17, 15) is 8.78 Å². The maximum Gasteiger partial charge on any atom is 0.319 e. The van der Waals surface area contributed by atoms with E-state index in [0.29, 0.717) is 12.5 Å². The van der Waals surface area contributed by atoms with Crippen LogP contribution in [0.3, 0.4) is 0 Å². The molecular weight excluding hydrogens is 427 g/mol. The first-order chi connectivity index (χ1) is 10.7. The van der Waals surface area contributed by atoms with Crippen LogP contribution in [0.25, 0.3) is 0 Å². The minimum absolute atomic E-state index is 0. The third-order valence-corrected chi connectivity index (χ3v) is 3.39. The van der Waals surface area contributed by atoms with Gasteiger partial charge in [-0.2, -0.15) is 8.78 Å². The van der Waals surface area contributed by atoms with E-state index in [1.54, 1.807) is 0 Å². The lowest BCUT2D eigenvalue weighted by atomic mass is 9.89. The van der Waals surface area contributed by atoms with Gasteiger partial charge in [0, 0.05) is 25.0 Å². The van der Waals surface area contributed by atoms with Gasteiger partial charge in [-0.25, -0.2) is 9.98 Å². The van der Waals surface area contributed by atoms with Crippen LogP contribution in [0.5, 0.6) is 0 Å². The fourth-order valence-corrected chi connectivity index (χ4v) is 2.07. The molecule has 1 unspecified atom stereocenters. The van der Waals surface area contributed by atoms with Crippen molar-refractivity contribution in [3.63, 3.8) is 0 Å². The molecule has 8 heteroatoms. The van der Waals surface area contributed by atoms with Gasteiger partial charge in [0.15, 0.2) is 5.96 Å². The zero-order valence-corrected chi connectivity index (χ0v) is 17.5. The molecule has 0 fully saturated rings. The Kier molecular flexibility index (Phi) is 10.4. The number of alkyl halides is 2. The Labute approximate surface area is 160 Å². The summed E-state index contributed by atoms with van der Waals surface area (Å²) < 4.78 is 26.4. The Balaban J connectivity index is 0.00000529. The maximum absolute atomic E-state index is 12.8. The zero-order chi connectivity index (χ0) is 17.5. The molecule has 2 N–H and O–H groups in total. The fourth-order valence-electron chi connectivity index (χ4n) is 2.07. The monoisotopic (exact) mass is 457 g/mol. The molecule has 24 heavy (non-hydrogen) atoms. The van der Waals surface area contributed by atoms with E-state index in [2.05, 4.69) is 48.3 Å². The van der Waals surface area contributed by atoms with Crippen molar-refractivity contribution in [1.29, 1.82) is 0 Å². The SMILES string of the molecule is CCNC(=NCc1nccn1C(F)F)NC(C)CCC(C)(C)C.I. The van der Waals surface area contributed by atoms with E-state index in [0.717, 1.165) is 17.4 Å². The van der Waals surface area contributed by atoms with Gasteiger partial charge < -0.3 is 10.6 Å². The van der Waals surface area contributed by atoms with Gasteiger partial charge in [-0.1, -0.05) is 20.8 Å². The molecule has 1 heterocycles. The van der Waals surface area contributed by atoms with E-state index in [1.807, 2.05) is 6.92 Å². The lowest BCUT2D eigenvalue weighted by Gasteiger charge is -2.23. The number of halogens is 3. The number of aliphatic imine (C=N–C) groups is 1. The van der Waals surface area contributed by atoms with Crippen molar-refractivity contribution in [3.8, 4) is 0 Å². The summed E-state index contributed by atoms with van der Waals surface area (Å²) in [6.07, 6.45) is 4.74. The number of hydrogen-bond acceptors (Lipinski definition) is 2. The normalized spacial score (nSPS) is 13.6. The van der Waals surface area contributed by atoms with Crippen LogP contribution in [-0.2, 0) is 6.54 Å². The molecule has 0 spiro atoms. The first kappa shape index (κ1) is 23.1. The molecule has 0 radical (unpaired) electrons. The van der Waals surface area contributed by atoms with Gasteiger partial charge in [-0.15, -0.1) is 24.0 Å². The van der Waals surface area contributed by atoms with E-state index in [4.69, 9.17) is 0 Å². The van der Waals surface area contributed by atoms with Crippen LogP contribution in [0.15, 0.2) is 17.4 Å². The van der Waals surface area contributed by atoms with Crippen molar-refractivity contribution in [3.05, 3.63) is 18.2 Å². The van der Waals surface area contributed by atoms with E-state index in [1.165, 1.54) is 12.4 Å². The van der Waals surface area contributed by atoms with E-state index >= 15 is 0 Å². The molecule has 0 saturated heterocycles. The summed E-state index contributed by atoms with van der Waals surface area (Å²) in [5, 5.41) is 6.45. The summed E-state index contributed by atoms with van der Waals surface area (Å²) in [5.74, 6) is 0.872. The van der Waals surface area contributed by atoms with Crippen LogP contribution in [0.1, 0.15) is 59.8 Å². The smallest absolute Gasteiger partial charge is 0.319 e. The number of rotatable bonds is 7. The first-order valence-electron chi connectivity index (χ1n) is 8.07. The van der Waals surface area contributed by atoms with Gasteiger partial charge in [-0.05, 0) is 32.1 Å². The summed E-state index contributed by atoms with van der Waals surface area (Å²) in [7, 11) is 0. The largest absolute Gasteiger partial charge is 0.357 e. The quantitative estimate of drug-likeness (QED) is 0.367. The standard InChI is InChI=1S/C16H29F2N5.HI/c1-6-19-15(22-12(2)7-8-16(3,4)5)21-11-13-20-9-10-23(13)14(17)18;/h9-10,12,14H,6-8,11H2,1-5H3,(H2,19,21,22);1H. The molecule has 0 aliphatic carbocycles. The first-order valence-corrected chi connectivity index (χ1v) is 8.07.